The smallest absolute Gasteiger partial charge is 0.338 e. The Kier molecular flexibility index (Phi) is 8.02. The van der Waals surface area contributed by atoms with E-state index in [0.717, 1.165) is 11.1 Å². The fourth-order valence-electron chi connectivity index (χ4n) is 4.43. The summed E-state index contributed by atoms with van der Waals surface area (Å²) in [5.74, 6) is 0.0414. The first-order valence-electron chi connectivity index (χ1n) is 12.4. The number of aromatic nitrogens is 1. The maximum absolute atomic E-state index is 13.9. The number of carbonyl (C=O) groups excluding carboxylic acids is 1. The molecule has 6 nitrogen and oxygen atoms in total. The van der Waals surface area contributed by atoms with Crippen molar-refractivity contribution in [2.75, 3.05) is 13.2 Å². The maximum Gasteiger partial charge on any atom is 0.338 e. The lowest BCUT2D eigenvalue weighted by atomic mass is 9.93. The lowest BCUT2D eigenvalue weighted by Gasteiger charge is -2.25. The minimum absolute atomic E-state index is 0.181. The molecule has 1 aliphatic rings. The zero-order valence-electron chi connectivity index (χ0n) is 21.2. The Morgan fingerprint density at radius 3 is 2.44 bits per heavy atom. The lowest BCUT2D eigenvalue weighted by molar-refractivity contribution is -0.138. The second kappa shape index (κ2) is 11.6. The van der Waals surface area contributed by atoms with E-state index in [0.29, 0.717) is 43.0 Å². The van der Waals surface area contributed by atoms with E-state index >= 15 is 0 Å². The number of thiazole rings is 1. The minimum Gasteiger partial charge on any atom is -0.492 e. The number of rotatable bonds is 7. The number of fused-ring (bicyclic) bond motifs is 1. The topological polar surface area (TPSA) is 69.9 Å². The zero-order valence-corrected chi connectivity index (χ0v) is 23.5. The summed E-state index contributed by atoms with van der Waals surface area (Å²) in [5, 5.41) is 0.997. The molecule has 0 spiro atoms. The molecule has 1 aliphatic heterocycles. The molecular formula is C30H24Cl2N2O4S. The first-order valence-corrected chi connectivity index (χ1v) is 13.9. The lowest BCUT2D eigenvalue weighted by Crippen LogP contribution is -2.40. The van der Waals surface area contributed by atoms with Gasteiger partial charge in [-0.2, -0.15) is 0 Å². The third kappa shape index (κ3) is 5.43. The number of nitrogens with zero attached hydrogens (tertiary/aromatic N) is 2. The van der Waals surface area contributed by atoms with E-state index in [4.69, 9.17) is 37.7 Å². The van der Waals surface area contributed by atoms with Gasteiger partial charge in [0.1, 0.15) is 5.75 Å². The molecule has 4 aromatic rings. The van der Waals surface area contributed by atoms with Crippen LogP contribution in [0, 0.1) is 0 Å². The Bertz CT molecular complexity index is 1740. The molecule has 0 saturated heterocycles. The van der Waals surface area contributed by atoms with Crippen LogP contribution in [-0.4, -0.2) is 23.8 Å². The molecule has 3 aromatic carbocycles. The fourth-order valence-corrected chi connectivity index (χ4v) is 5.80. The molecule has 0 saturated carbocycles. The van der Waals surface area contributed by atoms with Gasteiger partial charge in [-0.1, -0.05) is 83.1 Å². The highest BCUT2D eigenvalue weighted by atomic mass is 35.5. The molecule has 0 aliphatic carbocycles. The van der Waals surface area contributed by atoms with Crippen molar-refractivity contribution in [3.8, 4) is 5.75 Å². The number of hydrogen-bond acceptors (Lipinski definition) is 6. The number of hydrogen-bond donors (Lipinski definition) is 0. The monoisotopic (exact) mass is 578 g/mol. The SMILES string of the molecule is CCOC(=O)C1=C(c2ccccc2)N=c2s/c(=C\c3ccc(OCC)c(Cl)c3)c(=O)n2[C@@H]1c1ccc(Cl)cc1. The summed E-state index contributed by atoms with van der Waals surface area (Å²) in [6, 6.07) is 21.1. The van der Waals surface area contributed by atoms with Gasteiger partial charge in [-0.05, 0) is 55.3 Å². The molecule has 2 heterocycles. The highest BCUT2D eigenvalue weighted by molar-refractivity contribution is 7.07. The van der Waals surface area contributed by atoms with E-state index in [9.17, 15) is 9.59 Å². The minimum atomic E-state index is -0.765. The second-order valence-electron chi connectivity index (χ2n) is 8.61. The second-order valence-corrected chi connectivity index (χ2v) is 10.5. The Morgan fingerprint density at radius 1 is 1.03 bits per heavy atom. The highest BCUT2D eigenvalue weighted by Crippen LogP contribution is 2.35. The average Bonchev–Trinajstić information content (AvgIpc) is 3.25. The maximum atomic E-state index is 13.9. The molecule has 5 rings (SSSR count). The van der Waals surface area contributed by atoms with Crippen LogP contribution < -0.4 is 19.6 Å². The summed E-state index contributed by atoms with van der Waals surface area (Å²) in [7, 11) is 0. The largest absolute Gasteiger partial charge is 0.492 e. The van der Waals surface area contributed by atoms with Crippen LogP contribution in [-0.2, 0) is 9.53 Å². The van der Waals surface area contributed by atoms with Crippen LogP contribution in [0.15, 0.2) is 88.2 Å². The standard InChI is InChI=1S/C30H24Cl2N2O4S/c1-3-37-23-15-10-18(16-22(23)32)17-24-28(35)34-27(20-11-13-21(31)14-12-20)25(29(36)38-4-2)26(33-30(34)39-24)19-8-6-5-7-9-19/h5-17,27H,3-4H2,1-2H3/b24-17-/t27-/m1/s1. The van der Waals surface area contributed by atoms with Crippen LogP contribution in [0.25, 0.3) is 11.8 Å². The molecular weight excluding hydrogens is 555 g/mol. The molecule has 1 aromatic heterocycles. The summed E-state index contributed by atoms with van der Waals surface area (Å²) in [4.78, 5) is 32.7. The van der Waals surface area contributed by atoms with Gasteiger partial charge < -0.3 is 9.47 Å². The van der Waals surface area contributed by atoms with E-state index < -0.39 is 12.0 Å². The van der Waals surface area contributed by atoms with Crippen molar-refractivity contribution >= 4 is 52.3 Å². The number of halogens is 2. The molecule has 39 heavy (non-hydrogen) atoms. The van der Waals surface area contributed by atoms with Crippen molar-refractivity contribution in [3.05, 3.63) is 125 Å². The molecule has 0 N–H and O–H groups in total. The van der Waals surface area contributed by atoms with Gasteiger partial charge >= 0.3 is 5.97 Å². The zero-order chi connectivity index (χ0) is 27.5. The Morgan fingerprint density at radius 2 is 1.77 bits per heavy atom. The van der Waals surface area contributed by atoms with E-state index in [2.05, 4.69) is 0 Å². The van der Waals surface area contributed by atoms with E-state index in [1.165, 1.54) is 11.3 Å². The molecule has 0 bridgehead atoms. The van der Waals surface area contributed by atoms with Gasteiger partial charge in [-0.25, -0.2) is 9.79 Å². The van der Waals surface area contributed by atoms with Crippen LogP contribution in [0.2, 0.25) is 10.0 Å². The van der Waals surface area contributed by atoms with Crippen molar-refractivity contribution in [1.82, 2.24) is 4.57 Å². The van der Waals surface area contributed by atoms with E-state index in [-0.39, 0.29) is 17.7 Å². The molecule has 0 fully saturated rings. The first kappa shape index (κ1) is 26.9. The quantitative estimate of drug-likeness (QED) is 0.266. The van der Waals surface area contributed by atoms with Crippen molar-refractivity contribution in [2.24, 2.45) is 4.99 Å². The van der Waals surface area contributed by atoms with Crippen molar-refractivity contribution in [2.45, 2.75) is 19.9 Å². The molecule has 0 amide bonds. The predicted molar refractivity (Wildman–Crippen MR) is 155 cm³/mol. The Labute approximate surface area is 239 Å². The summed E-state index contributed by atoms with van der Waals surface area (Å²) in [6.07, 6.45) is 1.76. The van der Waals surface area contributed by atoms with Gasteiger partial charge in [0.25, 0.3) is 5.56 Å². The highest BCUT2D eigenvalue weighted by Gasteiger charge is 2.35. The Balaban J connectivity index is 1.77. The fraction of sp³-hybridized carbons (Fsp3) is 0.167. The number of ether oxygens (including phenoxy) is 2. The van der Waals surface area contributed by atoms with E-state index in [1.807, 2.05) is 55.5 Å². The van der Waals surface area contributed by atoms with Gasteiger partial charge in [0.15, 0.2) is 4.80 Å². The van der Waals surface area contributed by atoms with Crippen LogP contribution in [0.1, 0.15) is 36.6 Å². The number of esters is 1. The summed E-state index contributed by atoms with van der Waals surface area (Å²) < 4.78 is 13.0. The third-order valence-corrected chi connectivity index (χ3v) is 7.64. The molecule has 9 heteroatoms. The van der Waals surface area contributed by atoms with Crippen molar-refractivity contribution in [3.63, 3.8) is 0 Å². The first-order chi connectivity index (χ1) is 18.9. The predicted octanol–water partition coefficient (Wildman–Crippen LogP) is 5.64. The molecule has 198 valence electrons. The summed E-state index contributed by atoms with van der Waals surface area (Å²) in [6.45, 7) is 4.31. The number of benzene rings is 3. The van der Waals surface area contributed by atoms with Crippen molar-refractivity contribution in [1.29, 1.82) is 0 Å². The van der Waals surface area contributed by atoms with E-state index in [1.54, 1.807) is 41.8 Å². The van der Waals surface area contributed by atoms with Gasteiger partial charge in [-0.15, -0.1) is 0 Å². The van der Waals surface area contributed by atoms with Gasteiger partial charge in [0.05, 0.1) is 40.1 Å². The van der Waals surface area contributed by atoms with Crippen LogP contribution in [0.3, 0.4) is 0 Å². The number of carbonyl (C=O) groups is 1. The van der Waals surface area contributed by atoms with Crippen LogP contribution in [0.5, 0.6) is 5.75 Å². The van der Waals surface area contributed by atoms with Crippen molar-refractivity contribution < 1.29 is 14.3 Å². The van der Waals surface area contributed by atoms with Gasteiger partial charge in [0, 0.05) is 10.6 Å². The average molecular weight is 580 g/mol. The van der Waals surface area contributed by atoms with Crippen LogP contribution in [0.4, 0.5) is 0 Å². The van der Waals surface area contributed by atoms with Gasteiger partial charge in [0.2, 0.25) is 0 Å². The Hall–Kier alpha value is -3.65. The summed E-state index contributed by atoms with van der Waals surface area (Å²) >= 11 is 13.8. The van der Waals surface area contributed by atoms with Gasteiger partial charge in [-0.3, -0.25) is 9.36 Å². The molecule has 0 unspecified atom stereocenters. The van der Waals surface area contributed by atoms with Crippen LogP contribution >= 0.6 is 34.5 Å². The molecule has 1 atom stereocenters. The third-order valence-electron chi connectivity index (χ3n) is 6.11. The molecule has 0 radical (unpaired) electrons. The summed E-state index contributed by atoms with van der Waals surface area (Å²) in [5.41, 5.74) is 2.67. The normalized spacial score (nSPS) is 15.1.